The predicted octanol–water partition coefficient (Wildman–Crippen LogP) is 2.69. The fourth-order valence-corrected chi connectivity index (χ4v) is 3.54. The fourth-order valence-electron chi connectivity index (χ4n) is 3.54. The van der Waals surface area contributed by atoms with E-state index in [4.69, 9.17) is 15.3 Å². The minimum Gasteiger partial charge on any atom is -0.492 e. The van der Waals surface area contributed by atoms with Gasteiger partial charge < -0.3 is 20.2 Å². The second-order valence-electron chi connectivity index (χ2n) is 7.46. The van der Waals surface area contributed by atoms with Crippen LogP contribution in [0, 0.1) is 5.82 Å². The number of hydrogen-bond acceptors (Lipinski definition) is 5. The zero-order valence-electron chi connectivity index (χ0n) is 17.9. The largest absolute Gasteiger partial charge is 0.492 e. The Balaban J connectivity index is 1.51. The van der Waals surface area contributed by atoms with E-state index in [0.29, 0.717) is 30.8 Å². The Morgan fingerprint density at radius 1 is 1.19 bits per heavy atom. The van der Waals surface area contributed by atoms with Crippen LogP contribution in [0.5, 0.6) is 5.75 Å². The van der Waals surface area contributed by atoms with Crippen LogP contribution in [0.3, 0.4) is 0 Å². The second-order valence-corrected chi connectivity index (χ2v) is 7.46. The van der Waals surface area contributed by atoms with Gasteiger partial charge in [0.2, 0.25) is 0 Å². The number of benzene rings is 2. The normalized spacial score (nSPS) is 12.8. The number of carbonyl (C=O) groups is 3. The van der Waals surface area contributed by atoms with Crippen LogP contribution in [-0.4, -0.2) is 54.1 Å². The van der Waals surface area contributed by atoms with Crippen molar-refractivity contribution in [1.82, 2.24) is 9.96 Å². The maximum absolute atomic E-state index is 13.0. The number of hydrogen-bond donors (Lipinski definition) is 1. The first-order valence-corrected chi connectivity index (χ1v) is 10.4. The van der Waals surface area contributed by atoms with Crippen molar-refractivity contribution in [3.63, 3.8) is 0 Å². The Kier molecular flexibility index (Phi) is 7.64. The molecular weight excluding hydrogens is 417 g/mol. The van der Waals surface area contributed by atoms with E-state index in [2.05, 4.69) is 0 Å². The number of urea groups is 1. The number of primary amides is 1. The molecule has 0 saturated carbocycles. The van der Waals surface area contributed by atoms with Gasteiger partial charge in [-0.05, 0) is 60.7 Å². The summed E-state index contributed by atoms with van der Waals surface area (Å²) < 4.78 is 18.6. The molecule has 0 unspecified atom stereocenters. The number of ether oxygens (including phenoxy) is 1. The topological polar surface area (TPSA) is 102 Å². The molecule has 1 aliphatic rings. The number of aryl methyl sites for hydroxylation is 1. The van der Waals surface area contributed by atoms with E-state index in [0.717, 1.165) is 29.0 Å². The quantitative estimate of drug-likeness (QED) is 0.632. The number of hydroxylamine groups is 2. The standard InChI is InChI=1S/C23H26FN3O5/c1-16(28)32-27(23(25)30)13-14-31-20-8-9-21-18(15-20)10-12-26(22(21)29)11-2-3-17-4-6-19(24)7-5-17/h4-9,15H,2-3,10-14H2,1H3,(H2,25,30). The maximum atomic E-state index is 13.0. The summed E-state index contributed by atoms with van der Waals surface area (Å²) >= 11 is 0. The zero-order chi connectivity index (χ0) is 23.1. The van der Waals surface area contributed by atoms with E-state index < -0.39 is 12.0 Å². The SMILES string of the molecule is CC(=O)ON(CCOc1ccc2c(c1)CCN(CCCc1ccc(F)cc1)C2=O)C(N)=O. The number of halogens is 1. The van der Waals surface area contributed by atoms with Gasteiger partial charge in [0, 0.05) is 25.6 Å². The van der Waals surface area contributed by atoms with E-state index in [9.17, 15) is 18.8 Å². The molecule has 0 fully saturated rings. The van der Waals surface area contributed by atoms with Crippen LogP contribution in [0.25, 0.3) is 0 Å². The van der Waals surface area contributed by atoms with Crippen molar-refractivity contribution in [3.05, 3.63) is 65.0 Å². The molecule has 3 amide bonds. The van der Waals surface area contributed by atoms with Crippen LogP contribution in [0.4, 0.5) is 9.18 Å². The summed E-state index contributed by atoms with van der Waals surface area (Å²) in [5.74, 6) is -0.381. The van der Waals surface area contributed by atoms with Gasteiger partial charge in [-0.3, -0.25) is 9.59 Å². The fraction of sp³-hybridized carbons (Fsp3) is 0.348. The molecule has 0 aromatic heterocycles. The summed E-state index contributed by atoms with van der Waals surface area (Å²) in [5.41, 5.74) is 7.74. The third-order valence-electron chi connectivity index (χ3n) is 5.10. The molecule has 0 radical (unpaired) electrons. The van der Waals surface area contributed by atoms with E-state index in [1.807, 2.05) is 11.0 Å². The van der Waals surface area contributed by atoms with Gasteiger partial charge >= 0.3 is 12.0 Å². The molecule has 3 rings (SSSR count). The lowest BCUT2D eigenvalue weighted by molar-refractivity contribution is -0.174. The van der Waals surface area contributed by atoms with Crippen LogP contribution >= 0.6 is 0 Å². The highest BCUT2D eigenvalue weighted by atomic mass is 19.1. The summed E-state index contributed by atoms with van der Waals surface area (Å²) in [4.78, 5) is 41.6. The van der Waals surface area contributed by atoms with E-state index in [-0.39, 0.29) is 24.9 Å². The first-order valence-electron chi connectivity index (χ1n) is 10.4. The van der Waals surface area contributed by atoms with Crippen molar-refractivity contribution >= 4 is 17.9 Å². The van der Waals surface area contributed by atoms with Crippen LogP contribution in [0.15, 0.2) is 42.5 Å². The van der Waals surface area contributed by atoms with Gasteiger partial charge in [0.25, 0.3) is 5.91 Å². The van der Waals surface area contributed by atoms with Gasteiger partial charge in [-0.2, -0.15) is 5.06 Å². The van der Waals surface area contributed by atoms with E-state index in [1.54, 1.807) is 24.3 Å². The van der Waals surface area contributed by atoms with E-state index in [1.165, 1.54) is 19.1 Å². The first kappa shape index (κ1) is 23.1. The smallest absolute Gasteiger partial charge is 0.348 e. The molecule has 0 atom stereocenters. The lowest BCUT2D eigenvalue weighted by atomic mass is 9.98. The molecule has 2 aromatic carbocycles. The molecule has 1 heterocycles. The van der Waals surface area contributed by atoms with Crippen molar-refractivity contribution in [3.8, 4) is 5.75 Å². The van der Waals surface area contributed by atoms with Gasteiger partial charge in [0.15, 0.2) is 0 Å². The second kappa shape index (κ2) is 10.6. The van der Waals surface area contributed by atoms with Crippen molar-refractivity contribution in [1.29, 1.82) is 0 Å². The molecule has 2 aromatic rings. The van der Waals surface area contributed by atoms with Gasteiger partial charge in [-0.15, -0.1) is 0 Å². The highest BCUT2D eigenvalue weighted by Gasteiger charge is 2.24. The number of rotatable bonds is 8. The lowest BCUT2D eigenvalue weighted by Gasteiger charge is -2.29. The molecular formula is C23H26FN3O5. The Labute approximate surface area is 185 Å². The average molecular weight is 443 g/mol. The summed E-state index contributed by atoms with van der Waals surface area (Å²) in [6.07, 6.45) is 2.28. The molecule has 0 aliphatic carbocycles. The summed E-state index contributed by atoms with van der Waals surface area (Å²) in [6.45, 7) is 2.46. The Morgan fingerprint density at radius 2 is 1.94 bits per heavy atom. The molecule has 0 bridgehead atoms. The number of nitrogens with zero attached hydrogens (tertiary/aromatic N) is 2. The summed E-state index contributed by atoms with van der Waals surface area (Å²) in [6, 6.07) is 10.8. The monoisotopic (exact) mass is 443 g/mol. The Hall–Kier alpha value is -3.62. The van der Waals surface area contributed by atoms with Gasteiger partial charge in [0.1, 0.15) is 18.2 Å². The first-order chi connectivity index (χ1) is 15.3. The molecule has 0 saturated heterocycles. The van der Waals surface area contributed by atoms with Crippen LogP contribution in [-0.2, 0) is 22.5 Å². The van der Waals surface area contributed by atoms with Gasteiger partial charge in [-0.25, -0.2) is 9.18 Å². The average Bonchev–Trinajstić information content (AvgIpc) is 2.75. The molecule has 2 N–H and O–H groups in total. The predicted molar refractivity (Wildman–Crippen MR) is 114 cm³/mol. The minimum absolute atomic E-state index is 0.0211. The third kappa shape index (κ3) is 6.19. The number of nitrogens with two attached hydrogens (primary N) is 1. The molecule has 9 heteroatoms. The molecule has 170 valence electrons. The third-order valence-corrected chi connectivity index (χ3v) is 5.10. The number of amides is 3. The van der Waals surface area contributed by atoms with Gasteiger partial charge in [-0.1, -0.05) is 12.1 Å². The summed E-state index contributed by atoms with van der Waals surface area (Å²) in [7, 11) is 0. The zero-order valence-corrected chi connectivity index (χ0v) is 17.9. The number of carbonyl (C=O) groups excluding carboxylic acids is 3. The Morgan fingerprint density at radius 3 is 2.62 bits per heavy atom. The van der Waals surface area contributed by atoms with E-state index >= 15 is 0 Å². The molecule has 8 nitrogen and oxygen atoms in total. The number of fused-ring (bicyclic) bond motifs is 1. The van der Waals surface area contributed by atoms with Crippen molar-refractivity contribution in [2.45, 2.75) is 26.2 Å². The highest BCUT2D eigenvalue weighted by molar-refractivity contribution is 5.97. The van der Waals surface area contributed by atoms with Gasteiger partial charge in [0.05, 0.1) is 6.54 Å². The molecule has 32 heavy (non-hydrogen) atoms. The van der Waals surface area contributed by atoms with Crippen molar-refractivity contribution in [2.24, 2.45) is 5.73 Å². The van der Waals surface area contributed by atoms with Crippen LogP contribution in [0.2, 0.25) is 0 Å². The van der Waals surface area contributed by atoms with Crippen LogP contribution < -0.4 is 10.5 Å². The van der Waals surface area contributed by atoms with Crippen molar-refractivity contribution in [2.75, 3.05) is 26.2 Å². The minimum atomic E-state index is -0.889. The highest BCUT2D eigenvalue weighted by Crippen LogP contribution is 2.24. The Bertz CT molecular complexity index is 980. The van der Waals surface area contributed by atoms with Crippen molar-refractivity contribution < 1.29 is 28.3 Å². The molecule has 1 aliphatic heterocycles. The maximum Gasteiger partial charge on any atom is 0.348 e. The lowest BCUT2D eigenvalue weighted by Crippen LogP contribution is -2.39. The molecule has 0 spiro atoms. The summed E-state index contributed by atoms with van der Waals surface area (Å²) in [5, 5.41) is 0.730. The van der Waals surface area contributed by atoms with Crippen LogP contribution in [0.1, 0.15) is 34.8 Å².